The zero-order chi connectivity index (χ0) is 18.4. The fourth-order valence-corrected chi connectivity index (χ4v) is 3.73. The molecule has 0 unspecified atom stereocenters. The first-order valence-electron chi connectivity index (χ1n) is 7.86. The molecular weight excluding hydrogens is 340 g/mol. The van der Waals surface area contributed by atoms with Crippen molar-refractivity contribution in [2.75, 3.05) is 32.1 Å². The number of anilines is 1. The third-order valence-electron chi connectivity index (χ3n) is 3.88. The molecular formula is C18H22N2O4S. The van der Waals surface area contributed by atoms with Gasteiger partial charge in [-0.05, 0) is 36.4 Å². The minimum Gasteiger partial charge on any atom is -0.497 e. The van der Waals surface area contributed by atoms with Crippen LogP contribution in [0.25, 0.3) is 0 Å². The van der Waals surface area contributed by atoms with Crippen LogP contribution in [-0.2, 0) is 14.8 Å². The molecule has 0 fully saturated rings. The summed E-state index contributed by atoms with van der Waals surface area (Å²) in [5.41, 5.74) is 0.666. The standard InChI is InChI=1S/C18H22N2O4S/c1-4-20(25(22,23)17-8-6-5-7-9-17)14-18(21)19(2)15-10-12-16(24-3)13-11-15/h5-13H,4,14H2,1-3H3. The predicted octanol–water partition coefficient (Wildman–Crippen LogP) is 2.37. The average Bonchev–Trinajstić information content (AvgIpc) is 2.65. The Kier molecular flexibility index (Phi) is 6.17. The third kappa shape index (κ3) is 4.37. The minimum absolute atomic E-state index is 0.178. The van der Waals surface area contributed by atoms with Gasteiger partial charge in [0.15, 0.2) is 0 Å². The molecule has 0 aliphatic heterocycles. The molecule has 25 heavy (non-hydrogen) atoms. The summed E-state index contributed by atoms with van der Waals surface area (Å²) in [4.78, 5) is 14.1. The van der Waals surface area contributed by atoms with Crippen LogP contribution < -0.4 is 9.64 Å². The lowest BCUT2D eigenvalue weighted by Gasteiger charge is -2.24. The molecule has 2 aromatic rings. The number of carbonyl (C=O) groups excluding carboxylic acids is 1. The summed E-state index contributed by atoms with van der Waals surface area (Å²) in [6, 6.07) is 15.1. The normalized spacial score (nSPS) is 11.4. The summed E-state index contributed by atoms with van der Waals surface area (Å²) < 4.78 is 31.6. The summed E-state index contributed by atoms with van der Waals surface area (Å²) in [6.07, 6.45) is 0. The van der Waals surface area contributed by atoms with Gasteiger partial charge in [-0.1, -0.05) is 25.1 Å². The lowest BCUT2D eigenvalue weighted by atomic mass is 10.3. The number of carbonyl (C=O) groups is 1. The number of hydrogen-bond acceptors (Lipinski definition) is 4. The third-order valence-corrected chi connectivity index (χ3v) is 5.81. The maximum atomic E-state index is 12.7. The van der Waals surface area contributed by atoms with Crippen molar-refractivity contribution < 1.29 is 17.9 Å². The van der Waals surface area contributed by atoms with Gasteiger partial charge >= 0.3 is 0 Å². The van der Waals surface area contributed by atoms with Crippen molar-refractivity contribution in [2.24, 2.45) is 0 Å². The Morgan fingerprint density at radius 1 is 1.04 bits per heavy atom. The van der Waals surface area contributed by atoms with Gasteiger partial charge in [0.1, 0.15) is 5.75 Å². The predicted molar refractivity (Wildman–Crippen MR) is 97.3 cm³/mol. The van der Waals surface area contributed by atoms with E-state index >= 15 is 0 Å². The Hall–Kier alpha value is -2.38. The molecule has 1 amide bonds. The number of amides is 1. The fourth-order valence-electron chi connectivity index (χ4n) is 2.32. The van der Waals surface area contributed by atoms with E-state index in [0.29, 0.717) is 11.4 Å². The van der Waals surface area contributed by atoms with E-state index in [0.717, 1.165) is 0 Å². The van der Waals surface area contributed by atoms with Crippen molar-refractivity contribution in [1.82, 2.24) is 4.31 Å². The second kappa shape index (κ2) is 8.13. The highest BCUT2D eigenvalue weighted by Crippen LogP contribution is 2.19. The van der Waals surface area contributed by atoms with E-state index in [9.17, 15) is 13.2 Å². The summed E-state index contributed by atoms with van der Waals surface area (Å²) in [5.74, 6) is 0.373. The molecule has 2 aromatic carbocycles. The molecule has 6 nitrogen and oxygen atoms in total. The number of ether oxygens (including phenoxy) is 1. The van der Waals surface area contributed by atoms with Crippen molar-refractivity contribution >= 4 is 21.6 Å². The zero-order valence-electron chi connectivity index (χ0n) is 14.5. The van der Waals surface area contributed by atoms with Crippen LogP contribution in [0, 0.1) is 0 Å². The maximum Gasteiger partial charge on any atom is 0.243 e. The molecule has 0 saturated carbocycles. The van der Waals surface area contributed by atoms with Gasteiger partial charge in [-0.2, -0.15) is 4.31 Å². The smallest absolute Gasteiger partial charge is 0.243 e. The molecule has 0 radical (unpaired) electrons. The first kappa shape index (κ1) is 19.0. The Bertz CT molecular complexity index is 805. The molecule has 134 valence electrons. The van der Waals surface area contributed by atoms with Crippen LogP contribution in [0.4, 0.5) is 5.69 Å². The monoisotopic (exact) mass is 362 g/mol. The Balaban J connectivity index is 2.16. The van der Waals surface area contributed by atoms with Gasteiger partial charge in [0.25, 0.3) is 0 Å². The van der Waals surface area contributed by atoms with Gasteiger partial charge in [-0.3, -0.25) is 4.79 Å². The van der Waals surface area contributed by atoms with Crippen LogP contribution in [0.3, 0.4) is 0 Å². The van der Waals surface area contributed by atoms with Crippen molar-refractivity contribution in [3.63, 3.8) is 0 Å². The number of methoxy groups -OCH3 is 1. The molecule has 2 rings (SSSR count). The van der Waals surface area contributed by atoms with E-state index in [-0.39, 0.29) is 23.9 Å². The van der Waals surface area contributed by atoms with E-state index in [1.165, 1.54) is 21.3 Å². The Morgan fingerprint density at radius 3 is 2.16 bits per heavy atom. The molecule has 0 spiro atoms. The maximum absolute atomic E-state index is 12.7. The molecule has 0 aliphatic rings. The van der Waals surface area contributed by atoms with E-state index in [1.807, 2.05) is 0 Å². The number of rotatable bonds is 7. The molecule has 0 aliphatic carbocycles. The fraction of sp³-hybridized carbons (Fsp3) is 0.278. The van der Waals surface area contributed by atoms with Crippen molar-refractivity contribution in [3.8, 4) is 5.75 Å². The van der Waals surface area contributed by atoms with Crippen molar-refractivity contribution in [3.05, 3.63) is 54.6 Å². The highest BCUT2D eigenvalue weighted by atomic mass is 32.2. The Labute approximate surface area is 148 Å². The van der Waals surface area contributed by atoms with Gasteiger partial charge in [0, 0.05) is 19.3 Å². The first-order chi connectivity index (χ1) is 11.9. The van der Waals surface area contributed by atoms with Gasteiger partial charge in [-0.15, -0.1) is 0 Å². The van der Waals surface area contributed by atoms with Crippen LogP contribution in [0.15, 0.2) is 59.5 Å². The number of benzene rings is 2. The lowest BCUT2D eigenvalue weighted by Crippen LogP contribution is -2.41. The molecule has 0 heterocycles. The highest BCUT2D eigenvalue weighted by molar-refractivity contribution is 7.89. The summed E-state index contributed by atoms with van der Waals surface area (Å²) >= 11 is 0. The quantitative estimate of drug-likeness (QED) is 0.758. The number of sulfonamides is 1. The van der Waals surface area contributed by atoms with Crippen molar-refractivity contribution in [1.29, 1.82) is 0 Å². The number of nitrogens with zero attached hydrogens (tertiary/aromatic N) is 2. The largest absolute Gasteiger partial charge is 0.497 e. The summed E-state index contributed by atoms with van der Waals surface area (Å²) in [7, 11) is -0.522. The van der Waals surface area contributed by atoms with Crippen LogP contribution in [0.5, 0.6) is 5.75 Å². The van der Waals surface area contributed by atoms with Crippen LogP contribution in [0.1, 0.15) is 6.92 Å². The van der Waals surface area contributed by atoms with Crippen LogP contribution in [0.2, 0.25) is 0 Å². The summed E-state index contributed by atoms with van der Waals surface area (Å²) in [6.45, 7) is 1.69. The van der Waals surface area contributed by atoms with E-state index < -0.39 is 10.0 Å². The second-order valence-electron chi connectivity index (χ2n) is 5.40. The molecule has 0 bridgehead atoms. The van der Waals surface area contributed by atoms with E-state index in [1.54, 1.807) is 63.5 Å². The molecule has 0 aromatic heterocycles. The topological polar surface area (TPSA) is 66.9 Å². The second-order valence-corrected chi connectivity index (χ2v) is 7.33. The van der Waals surface area contributed by atoms with E-state index in [2.05, 4.69) is 0 Å². The van der Waals surface area contributed by atoms with Crippen LogP contribution >= 0.6 is 0 Å². The van der Waals surface area contributed by atoms with Crippen molar-refractivity contribution in [2.45, 2.75) is 11.8 Å². The average molecular weight is 362 g/mol. The molecule has 0 saturated heterocycles. The molecule has 7 heteroatoms. The van der Waals surface area contributed by atoms with Gasteiger partial charge in [0.05, 0.1) is 18.6 Å². The Morgan fingerprint density at radius 2 is 1.64 bits per heavy atom. The van der Waals surface area contributed by atoms with Gasteiger partial charge in [-0.25, -0.2) is 8.42 Å². The SMILES string of the molecule is CCN(CC(=O)N(C)c1ccc(OC)cc1)S(=O)(=O)c1ccccc1. The number of hydrogen-bond donors (Lipinski definition) is 0. The lowest BCUT2D eigenvalue weighted by molar-refractivity contribution is -0.118. The molecule has 0 atom stereocenters. The first-order valence-corrected chi connectivity index (χ1v) is 9.30. The number of likely N-dealkylation sites (N-methyl/N-ethyl adjacent to an activating group) is 2. The van der Waals surface area contributed by atoms with Gasteiger partial charge in [0.2, 0.25) is 15.9 Å². The van der Waals surface area contributed by atoms with Gasteiger partial charge < -0.3 is 9.64 Å². The highest BCUT2D eigenvalue weighted by Gasteiger charge is 2.26. The summed E-state index contributed by atoms with van der Waals surface area (Å²) in [5, 5.41) is 0. The molecule has 0 N–H and O–H groups in total. The zero-order valence-corrected chi connectivity index (χ0v) is 15.4. The van der Waals surface area contributed by atoms with E-state index in [4.69, 9.17) is 4.74 Å². The minimum atomic E-state index is -3.71. The van der Waals surface area contributed by atoms with Crippen LogP contribution in [-0.4, -0.2) is 45.9 Å².